The third-order valence-corrected chi connectivity index (χ3v) is 4.40. The fraction of sp³-hybridized carbons (Fsp3) is 0. The average Bonchev–Trinajstić information content (AvgIpc) is 2.79. The van der Waals surface area contributed by atoms with Crippen LogP contribution in [0.5, 0.6) is 11.5 Å². The molecule has 3 amide bonds. The Morgan fingerprint density at radius 1 is 0.844 bits per heavy atom. The predicted molar refractivity (Wildman–Crippen MR) is 116 cm³/mol. The second-order valence-electron chi connectivity index (χ2n) is 6.60. The molecule has 0 spiro atoms. The molecule has 4 rings (SSSR count). The molecule has 3 N–H and O–H groups in total. The fourth-order valence-corrected chi connectivity index (χ4v) is 2.92. The summed E-state index contributed by atoms with van der Waals surface area (Å²) >= 11 is 0. The number of para-hydroxylation sites is 1. The lowest BCUT2D eigenvalue weighted by atomic mass is 10.1. The highest BCUT2D eigenvalue weighted by atomic mass is 16.5. The van der Waals surface area contributed by atoms with Crippen LogP contribution in [0.15, 0.2) is 79.1 Å². The van der Waals surface area contributed by atoms with Crippen LogP contribution in [0.2, 0.25) is 0 Å². The van der Waals surface area contributed by atoms with E-state index in [1.165, 1.54) is 36.5 Å². The lowest BCUT2D eigenvalue weighted by Gasteiger charge is -2.12. The largest absolute Gasteiger partial charge is 0.478 e. The summed E-state index contributed by atoms with van der Waals surface area (Å²) in [6.45, 7) is 0. The number of amides is 3. The van der Waals surface area contributed by atoms with E-state index in [0.29, 0.717) is 16.8 Å². The molecule has 1 heterocycles. The van der Waals surface area contributed by atoms with Gasteiger partial charge in [0.1, 0.15) is 17.1 Å². The number of aromatic nitrogens is 2. The highest BCUT2D eigenvalue weighted by molar-refractivity contribution is 6.09. The summed E-state index contributed by atoms with van der Waals surface area (Å²) in [6.07, 6.45) is 3.05. The summed E-state index contributed by atoms with van der Waals surface area (Å²) in [5.74, 6) is -1.33. The van der Waals surface area contributed by atoms with Gasteiger partial charge in [0.25, 0.3) is 5.91 Å². The Bertz CT molecular complexity index is 1320. The number of hydrogen-bond donors (Lipinski definition) is 3. The van der Waals surface area contributed by atoms with Crippen LogP contribution in [-0.2, 0) is 0 Å². The molecule has 9 nitrogen and oxygen atoms in total. The molecular weight excluding hydrogens is 412 g/mol. The quantitative estimate of drug-likeness (QED) is 0.436. The highest BCUT2D eigenvalue weighted by Crippen LogP contribution is 2.28. The minimum absolute atomic E-state index is 0.0425. The van der Waals surface area contributed by atoms with Gasteiger partial charge in [-0.15, -0.1) is 0 Å². The number of carboxylic acids is 1. The Morgan fingerprint density at radius 3 is 2.34 bits per heavy atom. The second kappa shape index (κ2) is 8.92. The molecule has 9 heteroatoms. The zero-order chi connectivity index (χ0) is 22.5. The van der Waals surface area contributed by atoms with Crippen molar-refractivity contribution in [3.63, 3.8) is 0 Å². The Hall–Kier alpha value is -4.79. The highest BCUT2D eigenvalue weighted by Gasteiger charge is 2.16. The summed E-state index contributed by atoms with van der Waals surface area (Å²) in [6, 6.07) is 16.6. The van der Waals surface area contributed by atoms with Gasteiger partial charge < -0.3 is 15.2 Å². The van der Waals surface area contributed by atoms with Gasteiger partial charge in [-0.3, -0.25) is 20.1 Å². The molecule has 4 aromatic rings. The summed E-state index contributed by atoms with van der Waals surface area (Å²) < 4.78 is 5.65. The van der Waals surface area contributed by atoms with Gasteiger partial charge in [-0.05, 0) is 42.5 Å². The molecule has 0 bridgehead atoms. The Balaban J connectivity index is 1.48. The number of nitrogens with zero attached hydrogens (tertiary/aromatic N) is 2. The van der Waals surface area contributed by atoms with Crippen LogP contribution in [0.25, 0.3) is 11.0 Å². The number of carbonyl (C=O) groups is 3. The van der Waals surface area contributed by atoms with Gasteiger partial charge in [-0.2, -0.15) is 0 Å². The third-order valence-electron chi connectivity index (χ3n) is 4.40. The molecule has 0 aliphatic heterocycles. The van der Waals surface area contributed by atoms with E-state index < -0.39 is 17.9 Å². The van der Waals surface area contributed by atoms with Crippen molar-refractivity contribution >= 4 is 34.6 Å². The van der Waals surface area contributed by atoms with E-state index in [-0.39, 0.29) is 22.6 Å². The number of rotatable bonds is 5. The zero-order valence-electron chi connectivity index (χ0n) is 16.5. The molecule has 32 heavy (non-hydrogen) atoms. The molecule has 0 fully saturated rings. The first-order valence-corrected chi connectivity index (χ1v) is 9.43. The van der Waals surface area contributed by atoms with Crippen molar-refractivity contribution in [1.29, 1.82) is 0 Å². The monoisotopic (exact) mass is 428 g/mol. The maximum absolute atomic E-state index is 12.4. The maximum atomic E-state index is 12.4. The van der Waals surface area contributed by atoms with Gasteiger partial charge >= 0.3 is 12.0 Å². The van der Waals surface area contributed by atoms with Gasteiger partial charge in [0, 0.05) is 29.7 Å². The molecule has 0 saturated carbocycles. The number of carboxylic acid groups (broad SMARTS) is 1. The molecule has 0 unspecified atom stereocenters. The number of benzene rings is 3. The summed E-state index contributed by atoms with van der Waals surface area (Å²) in [5.41, 5.74) is 1.55. The number of nitrogens with one attached hydrogen (secondary N) is 2. The first-order chi connectivity index (χ1) is 15.5. The van der Waals surface area contributed by atoms with Crippen molar-refractivity contribution in [1.82, 2.24) is 15.3 Å². The first kappa shape index (κ1) is 20.5. The minimum atomic E-state index is -1.18. The van der Waals surface area contributed by atoms with Crippen LogP contribution in [0.4, 0.5) is 10.5 Å². The lowest BCUT2D eigenvalue weighted by molar-refractivity contribution is 0.0694. The van der Waals surface area contributed by atoms with Gasteiger partial charge in [0.2, 0.25) is 0 Å². The smallest absolute Gasteiger partial charge is 0.339 e. The molecule has 0 atom stereocenters. The van der Waals surface area contributed by atoms with Crippen molar-refractivity contribution < 1.29 is 24.2 Å². The lowest BCUT2D eigenvalue weighted by Crippen LogP contribution is -2.34. The van der Waals surface area contributed by atoms with E-state index in [4.69, 9.17) is 4.74 Å². The van der Waals surface area contributed by atoms with E-state index in [9.17, 15) is 19.5 Å². The molecule has 1 aromatic heterocycles. The van der Waals surface area contributed by atoms with Crippen LogP contribution in [0.1, 0.15) is 20.7 Å². The van der Waals surface area contributed by atoms with Crippen LogP contribution in [0.3, 0.4) is 0 Å². The van der Waals surface area contributed by atoms with E-state index in [2.05, 4.69) is 20.6 Å². The average molecular weight is 428 g/mol. The Morgan fingerprint density at radius 2 is 1.59 bits per heavy atom. The number of carbonyl (C=O) groups excluding carboxylic acids is 2. The number of ether oxygens (including phenoxy) is 1. The number of anilines is 1. The normalized spacial score (nSPS) is 10.4. The molecule has 0 aliphatic rings. The second-order valence-corrected chi connectivity index (χ2v) is 6.60. The fourth-order valence-electron chi connectivity index (χ4n) is 2.92. The molecular formula is C23H16N4O5. The predicted octanol–water partition coefficient (Wildman–Crippen LogP) is 4.08. The van der Waals surface area contributed by atoms with Crippen LogP contribution >= 0.6 is 0 Å². The van der Waals surface area contributed by atoms with Crippen molar-refractivity contribution in [2.24, 2.45) is 0 Å². The van der Waals surface area contributed by atoms with Crippen molar-refractivity contribution in [2.75, 3.05) is 5.32 Å². The van der Waals surface area contributed by atoms with E-state index >= 15 is 0 Å². The standard InChI is InChI=1S/C23H16N4O5/c28-21(14-6-9-18-19(12-14)25-11-10-24-18)27-23(31)26-15-7-8-17(22(29)30)20(13-15)32-16-4-2-1-3-5-16/h1-13H,(H,29,30)(H2,26,27,28,31). The van der Waals surface area contributed by atoms with E-state index in [0.717, 1.165) is 0 Å². The summed E-state index contributed by atoms with van der Waals surface area (Å²) in [5, 5.41) is 14.1. The van der Waals surface area contributed by atoms with Crippen LogP contribution in [0, 0.1) is 0 Å². The summed E-state index contributed by atoms with van der Waals surface area (Å²) in [4.78, 5) is 44.5. The molecule has 0 aliphatic carbocycles. The maximum Gasteiger partial charge on any atom is 0.339 e. The Kier molecular flexibility index (Phi) is 5.71. The van der Waals surface area contributed by atoms with E-state index in [1.54, 1.807) is 42.6 Å². The number of urea groups is 1. The number of fused-ring (bicyclic) bond motifs is 1. The first-order valence-electron chi connectivity index (χ1n) is 9.43. The number of imide groups is 1. The summed E-state index contributed by atoms with van der Waals surface area (Å²) in [7, 11) is 0. The minimum Gasteiger partial charge on any atom is -0.478 e. The molecule has 0 radical (unpaired) electrons. The molecule has 158 valence electrons. The van der Waals surface area contributed by atoms with Crippen LogP contribution < -0.4 is 15.4 Å². The third kappa shape index (κ3) is 4.68. The van der Waals surface area contributed by atoms with Crippen molar-refractivity contribution in [2.45, 2.75) is 0 Å². The molecule has 3 aromatic carbocycles. The SMILES string of the molecule is O=C(NC(=O)c1ccc2nccnc2c1)Nc1ccc(C(=O)O)c(Oc2ccccc2)c1. The van der Waals surface area contributed by atoms with Crippen molar-refractivity contribution in [3.05, 3.63) is 90.3 Å². The topological polar surface area (TPSA) is 131 Å². The van der Waals surface area contributed by atoms with Gasteiger partial charge in [-0.1, -0.05) is 18.2 Å². The van der Waals surface area contributed by atoms with Gasteiger partial charge in [0.05, 0.1) is 11.0 Å². The van der Waals surface area contributed by atoms with Crippen LogP contribution in [-0.4, -0.2) is 33.0 Å². The van der Waals surface area contributed by atoms with Gasteiger partial charge in [-0.25, -0.2) is 9.59 Å². The number of hydrogen-bond acceptors (Lipinski definition) is 6. The van der Waals surface area contributed by atoms with Gasteiger partial charge in [0.15, 0.2) is 0 Å². The van der Waals surface area contributed by atoms with E-state index in [1.807, 2.05) is 0 Å². The molecule has 0 saturated heterocycles. The number of aromatic carboxylic acids is 1. The Labute approximate surface area is 181 Å². The van der Waals surface area contributed by atoms with Crippen molar-refractivity contribution in [3.8, 4) is 11.5 Å². The zero-order valence-corrected chi connectivity index (χ0v) is 16.5.